The fourth-order valence-corrected chi connectivity index (χ4v) is 2.44. The number of aromatic nitrogens is 1. The summed E-state index contributed by atoms with van der Waals surface area (Å²) >= 11 is 0. The molecule has 2 aromatic carbocycles. The van der Waals surface area contributed by atoms with Gasteiger partial charge in [0.05, 0.1) is 5.69 Å². The summed E-state index contributed by atoms with van der Waals surface area (Å²) in [6.45, 7) is 0. The number of rotatable bonds is 3. The fraction of sp³-hybridized carbons (Fsp3) is 0.0588. The van der Waals surface area contributed by atoms with Crippen LogP contribution in [0.2, 0.25) is 0 Å². The molecule has 0 aliphatic heterocycles. The van der Waals surface area contributed by atoms with Gasteiger partial charge in [-0.3, -0.25) is 4.79 Å². The molecule has 0 spiro atoms. The third-order valence-electron chi connectivity index (χ3n) is 3.57. The van der Waals surface area contributed by atoms with Crippen LogP contribution in [0.5, 0.6) is 0 Å². The molecule has 0 saturated carbocycles. The predicted octanol–water partition coefficient (Wildman–Crippen LogP) is 2.92. The Morgan fingerprint density at radius 1 is 1.00 bits per heavy atom. The lowest BCUT2D eigenvalue weighted by molar-refractivity contribution is 0.100. The molecule has 0 aliphatic carbocycles. The predicted molar refractivity (Wildman–Crippen MR) is 90.5 cm³/mol. The Morgan fingerprint density at radius 3 is 2.39 bits per heavy atom. The van der Waals surface area contributed by atoms with Crippen LogP contribution in [0.1, 0.15) is 10.4 Å². The van der Waals surface area contributed by atoms with Crippen molar-refractivity contribution in [2.24, 2.45) is 12.8 Å². The summed E-state index contributed by atoms with van der Waals surface area (Å²) in [5.41, 5.74) is 7.92. The number of fused-ring (bicyclic) bond motifs is 1. The minimum Gasteiger partial charge on any atom is -0.366 e. The maximum atomic E-state index is 12.1. The van der Waals surface area contributed by atoms with E-state index in [9.17, 15) is 9.59 Å². The lowest BCUT2D eigenvalue weighted by Gasteiger charge is -2.07. The lowest BCUT2D eigenvalue weighted by Crippen LogP contribution is -2.19. The summed E-state index contributed by atoms with van der Waals surface area (Å²) in [5, 5.41) is 6.52. The molecular formula is C17H16N4O2. The SMILES string of the molecule is Cn1cc(NC(=O)Nc2ccc(C(N)=O)cc2)c2ccccc21. The third-order valence-corrected chi connectivity index (χ3v) is 3.57. The number of carbonyl (C=O) groups excluding carboxylic acids is 2. The smallest absolute Gasteiger partial charge is 0.323 e. The van der Waals surface area contributed by atoms with Gasteiger partial charge in [-0.25, -0.2) is 4.79 Å². The van der Waals surface area contributed by atoms with Crippen molar-refractivity contribution >= 4 is 34.2 Å². The molecule has 1 heterocycles. The number of benzene rings is 2. The Bertz CT molecular complexity index is 881. The Balaban J connectivity index is 1.75. The van der Waals surface area contributed by atoms with Crippen molar-refractivity contribution in [1.82, 2.24) is 4.57 Å². The highest BCUT2D eigenvalue weighted by Gasteiger charge is 2.09. The topological polar surface area (TPSA) is 89.2 Å². The average Bonchev–Trinajstić information content (AvgIpc) is 2.84. The molecule has 116 valence electrons. The average molecular weight is 308 g/mol. The van der Waals surface area contributed by atoms with Gasteiger partial charge in [0.15, 0.2) is 0 Å². The number of urea groups is 1. The van der Waals surface area contributed by atoms with E-state index in [0.717, 1.165) is 16.6 Å². The van der Waals surface area contributed by atoms with E-state index in [-0.39, 0.29) is 6.03 Å². The van der Waals surface area contributed by atoms with Gasteiger partial charge in [-0.15, -0.1) is 0 Å². The van der Waals surface area contributed by atoms with Gasteiger partial charge in [-0.2, -0.15) is 0 Å². The summed E-state index contributed by atoms with van der Waals surface area (Å²) in [5.74, 6) is -0.503. The molecule has 6 heteroatoms. The number of carbonyl (C=O) groups is 2. The summed E-state index contributed by atoms with van der Waals surface area (Å²) in [6, 6.07) is 13.8. The number of anilines is 2. The minimum absolute atomic E-state index is 0.354. The van der Waals surface area contributed by atoms with Crippen LogP contribution in [-0.2, 0) is 7.05 Å². The monoisotopic (exact) mass is 308 g/mol. The number of amides is 3. The van der Waals surface area contributed by atoms with E-state index in [4.69, 9.17) is 5.73 Å². The standard InChI is InChI=1S/C17H16N4O2/c1-21-10-14(13-4-2-3-5-15(13)21)20-17(23)19-12-8-6-11(7-9-12)16(18)22/h2-10H,1H3,(H2,18,22)(H2,19,20,23). The van der Waals surface area contributed by atoms with Crippen molar-refractivity contribution in [3.05, 3.63) is 60.3 Å². The number of nitrogens with two attached hydrogens (primary N) is 1. The number of hydrogen-bond acceptors (Lipinski definition) is 2. The summed E-state index contributed by atoms with van der Waals surface area (Å²) in [4.78, 5) is 23.2. The largest absolute Gasteiger partial charge is 0.366 e. The van der Waals surface area contributed by atoms with E-state index >= 15 is 0 Å². The van der Waals surface area contributed by atoms with E-state index in [2.05, 4.69) is 10.6 Å². The lowest BCUT2D eigenvalue weighted by atomic mass is 10.2. The van der Waals surface area contributed by atoms with Crippen LogP contribution in [0.15, 0.2) is 54.7 Å². The number of nitrogens with one attached hydrogen (secondary N) is 2. The first-order valence-corrected chi connectivity index (χ1v) is 7.06. The Labute approximate surface area is 132 Å². The Morgan fingerprint density at radius 2 is 1.70 bits per heavy atom. The Hall–Kier alpha value is -3.28. The molecule has 0 fully saturated rings. The second-order valence-electron chi connectivity index (χ2n) is 5.19. The van der Waals surface area contributed by atoms with E-state index in [1.807, 2.05) is 42.1 Å². The first kappa shape index (κ1) is 14.6. The van der Waals surface area contributed by atoms with Crippen molar-refractivity contribution in [3.8, 4) is 0 Å². The molecule has 0 radical (unpaired) electrons. The van der Waals surface area contributed by atoms with Gasteiger partial charge in [-0.1, -0.05) is 18.2 Å². The number of hydrogen-bond donors (Lipinski definition) is 3. The fourth-order valence-electron chi connectivity index (χ4n) is 2.44. The van der Waals surface area contributed by atoms with Gasteiger partial charge in [0.2, 0.25) is 5.91 Å². The first-order valence-electron chi connectivity index (χ1n) is 7.06. The molecule has 1 aromatic heterocycles. The van der Waals surface area contributed by atoms with Crippen LogP contribution in [0.3, 0.4) is 0 Å². The third kappa shape index (κ3) is 3.01. The summed E-state index contributed by atoms with van der Waals surface area (Å²) in [7, 11) is 1.92. The molecule has 3 amide bonds. The first-order chi connectivity index (χ1) is 11.0. The van der Waals surface area contributed by atoms with Crippen molar-refractivity contribution in [2.45, 2.75) is 0 Å². The number of primary amides is 1. The highest BCUT2D eigenvalue weighted by Crippen LogP contribution is 2.25. The number of nitrogens with zero attached hydrogens (tertiary/aromatic N) is 1. The van der Waals surface area contributed by atoms with Crippen molar-refractivity contribution in [1.29, 1.82) is 0 Å². The molecule has 23 heavy (non-hydrogen) atoms. The molecule has 0 aliphatic rings. The van der Waals surface area contributed by atoms with Crippen LogP contribution in [0.4, 0.5) is 16.2 Å². The van der Waals surface area contributed by atoms with Crippen LogP contribution in [0.25, 0.3) is 10.9 Å². The molecule has 0 atom stereocenters. The zero-order chi connectivity index (χ0) is 16.4. The van der Waals surface area contributed by atoms with Crippen LogP contribution in [0, 0.1) is 0 Å². The molecular weight excluding hydrogens is 292 g/mol. The molecule has 0 saturated heterocycles. The summed E-state index contributed by atoms with van der Waals surface area (Å²) < 4.78 is 1.95. The van der Waals surface area contributed by atoms with E-state index in [0.29, 0.717) is 11.3 Å². The molecule has 3 aromatic rings. The quantitative estimate of drug-likeness (QED) is 0.694. The van der Waals surface area contributed by atoms with E-state index in [1.165, 1.54) is 0 Å². The van der Waals surface area contributed by atoms with Crippen LogP contribution < -0.4 is 16.4 Å². The van der Waals surface area contributed by atoms with Gasteiger partial charge in [0.1, 0.15) is 0 Å². The van der Waals surface area contributed by atoms with Crippen molar-refractivity contribution in [2.75, 3.05) is 10.6 Å². The molecule has 4 N–H and O–H groups in total. The highest BCUT2D eigenvalue weighted by atomic mass is 16.2. The number of aryl methyl sites for hydroxylation is 1. The van der Waals surface area contributed by atoms with Crippen molar-refractivity contribution in [3.63, 3.8) is 0 Å². The van der Waals surface area contributed by atoms with Gasteiger partial charge >= 0.3 is 6.03 Å². The van der Waals surface area contributed by atoms with Gasteiger partial charge in [0, 0.05) is 35.4 Å². The molecule has 6 nitrogen and oxygen atoms in total. The highest BCUT2D eigenvalue weighted by molar-refractivity contribution is 6.06. The zero-order valence-corrected chi connectivity index (χ0v) is 12.5. The van der Waals surface area contributed by atoms with Crippen molar-refractivity contribution < 1.29 is 9.59 Å². The second-order valence-corrected chi connectivity index (χ2v) is 5.19. The van der Waals surface area contributed by atoms with Crippen LogP contribution >= 0.6 is 0 Å². The van der Waals surface area contributed by atoms with Gasteiger partial charge in [0.25, 0.3) is 0 Å². The van der Waals surface area contributed by atoms with Gasteiger partial charge in [-0.05, 0) is 30.3 Å². The molecule has 0 bridgehead atoms. The Kier molecular flexibility index (Phi) is 3.72. The normalized spacial score (nSPS) is 10.5. The number of para-hydroxylation sites is 1. The van der Waals surface area contributed by atoms with Gasteiger partial charge < -0.3 is 20.9 Å². The summed E-state index contributed by atoms with van der Waals surface area (Å²) in [6.07, 6.45) is 1.86. The minimum atomic E-state index is -0.503. The maximum Gasteiger partial charge on any atom is 0.323 e. The molecule has 3 rings (SSSR count). The zero-order valence-electron chi connectivity index (χ0n) is 12.5. The maximum absolute atomic E-state index is 12.1. The van der Waals surface area contributed by atoms with E-state index < -0.39 is 5.91 Å². The van der Waals surface area contributed by atoms with Crippen LogP contribution in [-0.4, -0.2) is 16.5 Å². The second kappa shape index (κ2) is 5.84. The molecule has 0 unspecified atom stereocenters. The van der Waals surface area contributed by atoms with E-state index in [1.54, 1.807) is 24.3 Å².